The highest BCUT2D eigenvalue weighted by Crippen LogP contribution is 2.51. The smallest absolute Gasteiger partial charge is 0.225 e. The first kappa shape index (κ1) is 14.5. The zero-order valence-electron chi connectivity index (χ0n) is 14.1. The Morgan fingerprint density at radius 1 is 1.26 bits per heavy atom. The van der Waals surface area contributed by atoms with Crippen LogP contribution in [0.1, 0.15) is 55.5 Å². The largest absolute Gasteiger partial charge is 0.352 e. The van der Waals surface area contributed by atoms with E-state index in [4.69, 9.17) is 4.98 Å². The molecule has 1 N–H and O–H groups in total. The molecule has 4 heteroatoms. The molecular weight excluding hydrogens is 284 g/mol. The van der Waals surface area contributed by atoms with Crippen LogP contribution in [0.3, 0.4) is 0 Å². The highest BCUT2D eigenvalue weighted by atomic mass is 15.3. The van der Waals surface area contributed by atoms with E-state index in [1.165, 1.54) is 17.5 Å². The standard InChI is InChI=1S/C19H24N4/c1-4-12(2)20-19-21-13(3)9-18(22-19)23-11-14-10-17(23)16-8-6-5-7-15(14)16/h5-9,12,14,17H,4,10-11H2,1-3H3,(H,20,21,22)/t12-,14-,17+/m1/s1. The molecule has 2 aliphatic rings. The van der Waals surface area contributed by atoms with Gasteiger partial charge in [0, 0.05) is 30.3 Å². The fraction of sp³-hybridized carbons (Fsp3) is 0.474. The summed E-state index contributed by atoms with van der Waals surface area (Å²) in [7, 11) is 0. The molecule has 1 aliphatic carbocycles. The molecule has 3 atom stereocenters. The maximum absolute atomic E-state index is 4.80. The molecule has 1 fully saturated rings. The van der Waals surface area contributed by atoms with Gasteiger partial charge in [-0.1, -0.05) is 31.2 Å². The van der Waals surface area contributed by atoms with Gasteiger partial charge < -0.3 is 10.2 Å². The summed E-state index contributed by atoms with van der Waals surface area (Å²) in [6.45, 7) is 7.46. The monoisotopic (exact) mass is 308 g/mol. The van der Waals surface area contributed by atoms with Crippen molar-refractivity contribution < 1.29 is 0 Å². The molecule has 120 valence electrons. The molecule has 0 unspecified atom stereocenters. The van der Waals surface area contributed by atoms with Gasteiger partial charge in [-0.25, -0.2) is 4.98 Å². The van der Waals surface area contributed by atoms with E-state index >= 15 is 0 Å². The van der Waals surface area contributed by atoms with Crippen LogP contribution in [0.2, 0.25) is 0 Å². The first-order valence-electron chi connectivity index (χ1n) is 8.63. The van der Waals surface area contributed by atoms with E-state index in [9.17, 15) is 0 Å². The second-order valence-electron chi connectivity index (χ2n) is 6.87. The minimum Gasteiger partial charge on any atom is -0.352 e. The summed E-state index contributed by atoms with van der Waals surface area (Å²) in [4.78, 5) is 11.8. The van der Waals surface area contributed by atoms with E-state index in [2.05, 4.69) is 66.3 Å². The van der Waals surface area contributed by atoms with Crippen molar-refractivity contribution in [2.24, 2.45) is 0 Å². The van der Waals surface area contributed by atoms with Gasteiger partial charge in [0.1, 0.15) is 5.82 Å². The second-order valence-corrected chi connectivity index (χ2v) is 6.87. The van der Waals surface area contributed by atoms with Crippen molar-refractivity contribution in [3.8, 4) is 0 Å². The number of hydrogen-bond acceptors (Lipinski definition) is 4. The van der Waals surface area contributed by atoms with E-state index in [1.807, 2.05) is 0 Å². The van der Waals surface area contributed by atoms with E-state index in [0.29, 0.717) is 18.0 Å². The summed E-state index contributed by atoms with van der Waals surface area (Å²) < 4.78 is 0. The summed E-state index contributed by atoms with van der Waals surface area (Å²) in [6.07, 6.45) is 2.28. The van der Waals surface area contributed by atoms with Crippen molar-refractivity contribution in [1.82, 2.24) is 9.97 Å². The average molecular weight is 308 g/mol. The molecule has 2 heterocycles. The fourth-order valence-electron chi connectivity index (χ4n) is 3.88. The van der Waals surface area contributed by atoms with Crippen LogP contribution in [-0.4, -0.2) is 22.6 Å². The molecule has 0 amide bonds. The van der Waals surface area contributed by atoms with Gasteiger partial charge in [-0.15, -0.1) is 0 Å². The van der Waals surface area contributed by atoms with Crippen molar-refractivity contribution in [2.45, 2.75) is 51.6 Å². The lowest BCUT2D eigenvalue weighted by Gasteiger charge is -2.30. The number of hydrogen-bond donors (Lipinski definition) is 1. The van der Waals surface area contributed by atoms with Gasteiger partial charge in [0.2, 0.25) is 5.95 Å². The van der Waals surface area contributed by atoms with E-state index in [0.717, 1.165) is 30.4 Å². The quantitative estimate of drug-likeness (QED) is 0.925. The number of aromatic nitrogens is 2. The molecular formula is C19H24N4. The predicted octanol–water partition coefficient (Wildman–Crippen LogP) is 4.04. The summed E-state index contributed by atoms with van der Waals surface area (Å²) in [5.74, 6) is 2.47. The van der Waals surface area contributed by atoms with E-state index in [-0.39, 0.29) is 0 Å². The molecule has 4 rings (SSSR count). The van der Waals surface area contributed by atoms with E-state index < -0.39 is 0 Å². The van der Waals surface area contributed by atoms with Crippen molar-refractivity contribution in [2.75, 3.05) is 16.8 Å². The first-order chi connectivity index (χ1) is 11.2. The number of rotatable bonds is 4. The zero-order valence-corrected chi connectivity index (χ0v) is 14.1. The van der Waals surface area contributed by atoms with Crippen molar-refractivity contribution in [3.05, 3.63) is 47.2 Å². The molecule has 1 aliphatic heterocycles. The third-order valence-corrected chi connectivity index (χ3v) is 5.22. The van der Waals surface area contributed by atoms with Gasteiger partial charge in [0.25, 0.3) is 0 Å². The van der Waals surface area contributed by atoms with Crippen molar-refractivity contribution in [3.63, 3.8) is 0 Å². The van der Waals surface area contributed by atoms with Crippen LogP contribution in [-0.2, 0) is 0 Å². The molecule has 2 aromatic rings. The third-order valence-electron chi connectivity index (χ3n) is 5.22. The number of nitrogens with zero attached hydrogens (tertiary/aromatic N) is 3. The van der Waals surface area contributed by atoms with Gasteiger partial charge in [0.15, 0.2) is 0 Å². The summed E-state index contributed by atoms with van der Waals surface area (Å²) in [6, 6.07) is 11.9. The Kier molecular flexibility index (Phi) is 3.47. The molecule has 23 heavy (non-hydrogen) atoms. The van der Waals surface area contributed by atoms with Gasteiger partial charge in [-0.2, -0.15) is 4.98 Å². The SMILES string of the molecule is CC[C@@H](C)Nc1nc(C)cc(N2C[C@H]3C[C@H]2c2ccccc23)n1. The molecule has 1 saturated heterocycles. The fourth-order valence-corrected chi connectivity index (χ4v) is 3.88. The maximum Gasteiger partial charge on any atom is 0.225 e. The van der Waals surface area contributed by atoms with Gasteiger partial charge >= 0.3 is 0 Å². The Morgan fingerprint density at radius 2 is 2.04 bits per heavy atom. The Labute approximate surface area is 138 Å². The molecule has 0 saturated carbocycles. The van der Waals surface area contributed by atoms with Crippen molar-refractivity contribution in [1.29, 1.82) is 0 Å². The minimum absolute atomic E-state index is 0.389. The topological polar surface area (TPSA) is 41.1 Å². The predicted molar refractivity (Wildman–Crippen MR) is 94.0 cm³/mol. The molecule has 4 nitrogen and oxygen atoms in total. The molecule has 1 aromatic heterocycles. The zero-order chi connectivity index (χ0) is 16.0. The normalized spacial score (nSPS) is 23.0. The second kappa shape index (κ2) is 5.52. The number of fused-ring (bicyclic) bond motifs is 5. The van der Waals surface area contributed by atoms with Gasteiger partial charge in [0.05, 0.1) is 6.04 Å². The lowest BCUT2D eigenvalue weighted by molar-refractivity contribution is 0.721. The Bertz CT molecular complexity index is 727. The number of anilines is 2. The molecule has 2 bridgehead atoms. The number of aryl methyl sites for hydroxylation is 1. The van der Waals surface area contributed by atoms with E-state index in [1.54, 1.807) is 0 Å². The lowest BCUT2D eigenvalue weighted by atomic mass is 9.99. The van der Waals surface area contributed by atoms with Crippen LogP contribution < -0.4 is 10.2 Å². The number of nitrogens with one attached hydrogen (secondary N) is 1. The van der Waals surface area contributed by atoms with Crippen LogP contribution in [0.5, 0.6) is 0 Å². The number of benzene rings is 1. The van der Waals surface area contributed by atoms with Crippen molar-refractivity contribution >= 4 is 11.8 Å². The highest BCUT2D eigenvalue weighted by Gasteiger charge is 2.42. The van der Waals surface area contributed by atoms with Crippen LogP contribution in [0, 0.1) is 6.92 Å². The lowest BCUT2D eigenvalue weighted by Crippen LogP contribution is -2.28. The third kappa shape index (κ3) is 2.46. The first-order valence-corrected chi connectivity index (χ1v) is 8.63. The van der Waals surface area contributed by atoms with Crippen LogP contribution >= 0.6 is 0 Å². The maximum atomic E-state index is 4.80. The van der Waals surface area contributed by atoms with Gasteiger partial charge in [-0.05, 0) is 37.8 Å². The Morgan fingerprint density at radius 3 is 2.83 bits per heavy atom. The minimum atomic E-state index is 0.389. The molecule has 1 aromatic carbocycles. The summed E-state index contributed by atoms with van der Waals surface area (Å²) in [5.41, 5.74) is 4.05. The van der Waals surface area contributed by atoms with Crippen LogP contribution in [0.4, 0.5) is 11.8 Å². The van der Waals surface area contributed by atoms with Crippen LogP contribution in [0.25, 0.3) is 0 Å². The average Bonchev–Trinajstić information content (AvgIpc) is 3.14. The van der Waals surface area contributed by atoms with Crippen LogP contribution in [0.15, 0.2) is 30.3 Å². The summed E-state index contributed by atoms with van der Waals surface area (Å²) in [5, 5.41) is 3.41. The molecule has 0 spiro atoms. The summed E-state index contributed by atoms with van der Waals surface area (Å²) >= 11 is 0. The molecule has 0 radical (unpaired) electrons. The Hall–Kier alpha value is -2.10. The highest BCUT2D eigenvalue weighted by molar-refractivity contribution is 5.55. The van der Waals surface area contributed by atoms with Gasteiger partial charge in [-0.3, -0.25) is 0 Å². The Balaban J connectivity index is 1.65.